The van der Waals surface area contributed by atoms with Crippen LogP contribution in [-0.4, -0.2) is 26.1 Å². The van der Waals surface area contributed by atoms with Gasteiger partial charge in [-0.3, -0.25) is 9.52 Å². The standard InChI is InChI=1S/C12H11BrN2O5S2/c1-15-6-7(13)5-8(11(15)16)14-22(18,19)9-3-4-21-10(9)12(17)20-2/h3-6,14H,1-2H3. The Morgan fingerprint density at radius 3 is 2.77 bits per heavy atom. The summed E-state index contributed by atoms with van der Waals surface area (Å²) in [7, 11) is -1.43. The minimum Gasteiger partial charge on any atom is -0.465 e. The summed E-state index contributed by atoms with van der Waals surface area (Å²) in [5.74, 6) is -0.752. The highest BCUT2D eigenvalue weighted by Crippen LogP contribution is 2.25. The number of rotatable bonds is 4. The molecule has 2 rings (SSSR count). The number of nitrogens with zero attached hydrogens (tertiary/aromatic N) is 1. The van der Waals surface area contributed by atoms with Gasteiger partial charge in [0.05, 0.1) is 7.11 Å². The Kier molecular flexibility index (Phi) is 4.73. The maximum absolute atomic E-state index is 12.4. The summed E-state index contributed by atoms with van der Waals surface area (Å²) < 4.78 is 33.3. The summed E-state index contributed by atoms with van der Waals surface area (Å²) >= 11 is 4.13. The molecular weight excluding hydrogens is 396 g/mol. The van der Waals surface area contributed by atoms with Crippen LogP contribution in [0.25, 0.3) is 0 Å². The number of halogens is 1. The molecule has 0 aliphatic heterocycles. The van der Waals surface area contributed by atoms with E-state index in [1.807, 2.05) is 0 Å². The molecule has 1 N–H and O–H groups in total. The summed E-state index contributed by atoms with van der Waals surface area (Å²) in [6, 6.07) is 2.63. The number of nitrogens with one attached hydrogen (secondary N) is 1. The Labute approximate surface area is 138 Å². The summed E-state index contributed by atoms with van der Waals surface area (Å²) in [4.78, 5) is 23.3. The van der Waals surface area contributed by atoms with Crippen LogP contribution in [-0.2, 0) is 21.8 Å². The molecule has 0 amide bonds. The third-order valence-electron chi connectivity index (χ3n) is 2.68. The van der Waals surface area contributed by atoms with Crippen LogP contribution in [0, 0.1) is 0 Å². The van der Waals surface area contributed by atoms with E-state index in [4.69, 9.17) is 0 Å². The van der Waals surface area contributed by atoms with Crippen molar-refractivity contribution in [2.24, 2.45) is 7.05 Å². The van der Waals surface area contributed by atoms with Gasteiger partial charge >= 0.3 is 5.97 Å². The van der Waals surface area contributed by atoms with Crippen molar-refractivity contribution in [3.63, 3.8) is 0 Å². The van der Waals surface area contributed by atoms with Crippen molar-refractivity contribution in [3.8, 4) is 0 Å². The first kappa shape index (κ1) is 16.7. The van der Waals surface area contributed by atoms with Gasteiger partial charge in [-0.1, -0.05) is 0 Å². The fourth-order valence-corrected chi connectivity index (χ4v) is 4.61. The number of sulfonamides is 1. The number of ether oxygens (including phenoxy) is 1. The van der Waals surface area contributed by atoms with E-state index in [-0.39, 0.29) is 15.5 Å². The first-order valence-electron chi connectivity index (χ1n) is 5.81. The van der Waals surface area contributed by atoms with Crippen LogP contribution in [0.3, 0.4) is 0 Å². The Balaban J connectivity index is 2.48. The van der Waals surface area contributed by atoms with E-state index < -0.39 is 21.6 Å². The normalized spacial score (nSPS) is 11.2. The zero-order chi connectivity index (χ0) is 16.5. The van der Waals surface area contributed by atoms with Crippen molar-refractivity contribution in [2.75, 3.05) is 11.8 Å². The third-order valence-corrected chi connectivity index (χ3v) is 5.55. The number of pyridine rings is 1. The van der Waals surface area contributed by atoms with Crippen LogP contribution in [0.1, 0.15) is 9.67 Å². The Bertz CT molecular complexity index is 885. The lowest BCUT2D eigenvalue weighted by atomic mass is 10.4. The van der Waals surface area contributed by atoms with Crippen LogP contribution in [0.2, 0.25) is 0 Å². The molecule has 0 bridgehead atoms. The molecule has 0 saturated heterocycles. The highest BCUT2D eigenvalue weighted by molar-refractivity contribution is 9.10. The SMILES string of the molecule is COC(=O)c1sccc1S(=O)(=O)Nc1cc(Br)cn(C)c1=O. The quantitative estimate of drug-likeness (QED) is 0.780. The van der Waals surface area contributed by atoms with E-state index in [9.17, 15) is 18.0 Å². The van der Waals surface area contributed by atoms with Gasteiger partial charge in [0.15, 0.2) is 0 Å². The molecule has 22 heavy (non-hydrogen) atoms. The zero-order valence-corrected chi connectivity index (χ0v) is 14.7. The molecular formula is C12H11BrN2O5S2. The number of hydrogen-bond donors (Lipinski definition) is 1. The largest absolute Gasteiger partial charge is 0.465 e. The van der Waals surface area contributed by atoms with E-state index in [1.165, 1.54) is 35.3 Å². The van der Waals surface area contributed by atoms with Gasteiger partial charge in [0.2, 0.25) is 0 Å². The minimum absolute atomic E-state index is 0.0539. The van der Waals surface area contributed by atoms with Gasteiger partial charge in [0.25, 0.3) is 15.6 Å². The maximum atomic E-state index is 12.4. The average molecular weight is 407 g/mol. The van der Waals surface area contributed by atoms with Gasteiger partial charge in [-0.05, 0) is 33.4 Å². The second kappa shape index (κ2) is 6.23. The zero-order valence-electron chi connectivity index (χ0n) is 11.5. The van der Waals surface area contributed by atoms with E-state index in [0.717, 1.165) is 18.4 Å². The molecule has 0 fully saturated rings. The predicted octanol–water partition coefficient (Wildman–Crippen LogP) is 1.80. The Hall–Kier alpha value is -1.65. The second-order valence-electron chi connectivity index (χ2n) is 4.20. The molecule has 118 valence electrons. The second-order valence-corrected chi connectivity index (χ2v) is 7.68. The first-order chi connectivity index (χ1) is 10.3. The van der Waals surface area contributed by atoms with Gasteiger partial charge in [-0.15, -0.1) is 11.3 Å². The van der Waals surface area contributed by atoms with E-state index in [2.05, 4.69) is 25.4 Å². The average Bonchev–Trinajstić information content (AvgIpc) is 2.93. The van der Waals surface area contributed by atoms with Crippen LogP contribution >= 0.6 is 27.3 Å². The predicted molar refractivity (Wildman–Crippen MR) is 85.9 cm³/mol. The number of carbonyl (C=O) groups is 1. The Morgan fingerprint density at radius 2 is 2.14 bits per heavy atom. The third kappa shape index (κ3) is 3.23. The molecule has 2 heterocycles. The highest BCUT2D eigenvalue weighted by atomic mass is 79.9. The smallest absolute Gasteiger partial charge is 0.349 e. The molecule has 2 aromatic rings. The lowest BCUT2D eigenvalue weighted by Gasteiger charge is -2.09. The van der Waals surface area contributed by atoms with Gasteiger partial charge in [0, 0.05) is 17.7 Å². The summed E-state index contributed by atoms with van der Waals surface area (Å²) in [6.45, 7) is 0. The van der Waals surface area contributed by atoms with Gasteiger partial charge in [0.1, 0.15) is 15.5 Å². The summed E-state index contributed by atoms with van der Waals surface area (Å²) in [5.41, 5.74) is -0.638. The molecule has 10 heteroatoms. The number of hydrogen-bond acceptors (Lipinski definition) is 6. The van der Waals surface area contributed by atoms with E-state index in [1.54, 1.807) is 0 Å². The first-order valence-corrected chi connectivity index (χ1v) is 8.96. The fraction of sp³-hybridized carbons (Fsp3) is 0.167. The summed E-state index contributed by atoms with van der Waals surface area (Å²) in [6.07, 6.45) is 1.50. The lowest BCUT2D eigenvalue weighted by Crippen LogP contribution is -2.24. The number of anilines is 1. The molecule has 0 aromatic carbocycles. The molecule has 0 aliphatic carbocycles. The molecule has 0 spiro atoms. The van der Waals surface area contributed by atoms with Crippen molar-refractivity contribution in [1.29, 1.82) is 0 Å². The van der Waals surface area contributed by atoms with Crippen molar-refractivity contribution in [1.82, 2.24) is 4.57 Å². The highest BCUT2D eigenvalue weighted by Gasteiger charge is 2.25. The number of aromatic nitrogens is 1. The molecule has 7 nitrogen and oxygen atoms in total. The number of esters is 1. The lowest BCUT2D eigenvalue weighted by molar-refractivity contribution is 0.0602. The van der Waals surface area contributed by atoms with Crippen molar-refractivity contribution in [2.45, 2.75) is 4.90 Å². The monoisotopic (exact) mass is 406 g/mol. The summed E-state index contributed by atoms with van der Waals surface area (Å²) in [5, 5.41) is 1.46. The fourth-order valence-electron chi connectivity index (χ4n) is 1.69. The van der Waals surface area contributed by atoms with E-state index >= 15 is 0 Å². The maximum Gasteiger partial charge on any atom is 0.349 e. The van der Waals surface area contributed by atoms with Gasteiger partial charge in [-0.2, -0.15) is 0 Å². The van der Waals surface area contributed by atoms with Crippen LogP contribution in [0.15, 0.2) is 37.9 Å². The van der Waals surface area contributed by atoms with Gasteiger partial charge < -0.3 is 9.30 Å². The molecule has 2 aromatic heterocycles. The van der Waals surface area contributed by atoms with Crippen molar-refractivity contribution < 1.29 is 17.9 Å². The number of carbonyl (C=O) groups excluding carboxylic acids is 1. The molecule has 0 radical (unpaired) electrons. The van der Waals surface area contributed by atoms with Crippen LogP contribution in [0.5, 0.6) is 0 Å². The topological polar surface area (TPSA) is 94.5 Å². The van der Waals surface area contributed by atoms with Crippen molar-refractivity contribution >= 4 is 48.9 Å². The molecule has 0 aliphatic rings. The van der Waals surface area contributed by atoms with Crippen LogP contribution < -0.4 is 10.3 Å². The molecule has 0 unspecified atom stereocenters. The van der Waals surface area contributed by atoms with E-state index in [0.29, 0.717) is 4.47 Å². The molecule has 0 atom stereocenters. The number of thiophene rings is 1. The van der Waals surface area contributed by atoms with Crippen LogP contribution in [0.4, 0.5) is 5.69 Å². The Morgan fingerprint density at radius 1 is 1.45 bits per heavy atom. The number of methoxy groups -OCH3 is 1. The van der Waals surface area contributed by atoms with Gasteiger partial charge in [-0.25, -0.2) is 13.2 Å². The minimum atomic E-state index is -4.09. The molecule has 0 saturated carbocycles. The number of aryl methyl sites for hydroxylation is 1. The van der Waals surface area contributed by atoms with Crippen molar-refractivity contribution in [3.05, 3.63) is 43.4 Å².